The topological polar surface area (TPSA) is 64.4 Å². The predicted molar refractivity (Wildman–Crippen MR) is 81.1 cm³/mol. The lowest BCUT2D eigenvalue weighted by Crippen LogP contribution is -2.02. The third kappa shape index (κ3) is 3.91. The fraction of sp³-hybridized carbons (Fsp3) is 0.143. The molecule has 110 valence electrons. The van der Waals surface area contributed by atoms with Crippen molar-refractivity contribution in [2.24, 2.45) is 0 Å². The van der Waals surface area contributed by atoms with Gasteiger partial charge in [0, 0.05) is 22.8 Å². The van der Waals surface area contributed by atoms with Gasteiger partial charge < -0.3 is 10.1 Å². The summed E-state index contributed by atoms with van der Waals surface area (Å²) in [4.78, 5) is 10.1. The number of methoxy groups -OCH3 is 1. The maximum atomic E-state index is 13.3. The van der Waals surface area contributed by atoms with Crippen LogP contribution in [-0.4, -0.2) is 12.0 Å². The van der Waals surface area contributed by atoms with Gasteiger partial charge in [0.15, 0.2) is 0 Å². The molecule has 0 spiro atoms. The van der Waals surface area contributed by atoms with Gasteiger partial charge in [0.05, 0.1) is 18.1 Å². The van der Waals surface area contributed by atoms with E-state index in [2.05, 4.69) is 21.2 Å². The number of hydrogen-bond acceptors (Lipinski definition) is 4. The molecule has 0 bridgehead atoms. The zero-order chi connectivity index (χ0) is 15.4. The lowest BCUT2D eigenvalue weighted by Gasteiger charge is -2.10. The molecule has 0 aliphatic rings. The second-order valence-electron chi connectivity index (χ2n) is 4.27. The highest BCUT2D eigenvalue weighted by atomic mass is 79.9. The van der Waals surface area contributed by atoms with E-state index in [0.717, 1.165) is 16.1 Å². The van der Waals surface area contributed by atoms with Crippen molar-refractivity contribution < 1.29 is 14.1 Å². The van der Waals surface area contributed by atoms with E-state index in [0.29, 0.717) is 18.0 Å². The smallest absolute Gasteiger partial charge is 0.274 e. The molecule has 2 aromatic carbocycles. The van der Waals surface area contributed by atoms with Gasteiger partial charge >= 0.3 is 0 Å². The Balaban J connectivity index is 2.18. The molecule has 1 N–H and O–H groups in total. The minimum atomic E-state index is -0.656. The molecule has 0 fully saturated rings. The zero-order valence-corrected chi connectivity index (χ0v) is 12.7. The van der Waals surface area contributed by atoms with Crippen LogP contribution in [0.15, 0.2) is 40.9 Å². The summed E-state index contributed by atoms with van der Waals surface area (Å²) in [6.45, 7) is 0.373. The molecular formula is C14H12BrFN2O3. The minimum Gasteiger partial charge on any atom is -0.497 e. The third-order valence-electron chi connectivity index (χ3n) is 2.83. The summed E-state index contributed by atoms with van der Waals surface area (Å²) in [6.07, 6.45) is 0. The summed E-state index contributed by atoms with van der Waals surface area (Å²) >= 11 is 3.41. The zero-order valence-electron chi connectivity index (χ0n) is 11.1. The fourth-order valence-corrected chi connectivity index (χ4v) is 2.18. The molecule has 0 aliphatic heterocycles. The Bertz CT molecular complexity index is 679. The highest BCUT2D eigenvalue weighted by molar-refractivity contribution is 9.10. The van der Waals surface area contributed by atoms with Gasteiger partial charge in [-0.05, 0) is 29.8 Å². The number of nitrogens with zero attached hydrogens (tertiary/aromatic N) is 1. The molecule has 0 atom stereocenters. The number of nitro benzene ring substituents is 1. The molecule has 0 amide bonds. The fourth-order valence-electron chi connectivity index (χ4n) is 1.79. The highest BCUT2D eigenvalue weighted by Crippen LogP contribution is 2.25. The van der Waals surface area contributed by atoms with Crippen molar-refractivity contribution in [3.63, 3.8) is 0 Å². The maximum Gasteiger partial charge on any atom is 0.274 e. The third-order valence-corrected chi connectivity index (χ3v) is 3.60. The first kappa shape index (κ1) is 15.2. The van der Waals surface area contributed by atoms with E-state index in [1.807, 2.05) is 12.1 Å². The van der Waals surface area contributed by atoms with Crippen LogP contribution in [0.4, 0.5) is 15.8 Å². The molecule has 0 unspecified atom stereocenters. The monoisotopic (exact) mass is 354 g/mol. The number of benzene rings is 2. The SMILES string of the molecule is COc1ccc(Br)c(CNc2cc(F)cc([N+](=O)[O-])c2)c1. The number of nitrogens with one attached hydrogen (secondary N) is 1. The van der Waals surface area contributed by atoms with Crippen molar-refractivity contribution in [2.45, 2.75) is 6.54 Å². The predicted octanol–water partition coefficient (Wildman–Crippen LogP) is 4.12. The number of non-ortho nitro benzene ring substituents is 1. The Hall–Kier alpha value is -2.15. The van der Waals surface area contributed by atoms with Crippen molar-refractivity contribution >= 4 is 27.3 Å². The van der Waals surface area contributed by atoms with Crippen LogP contribution in [0.2, 0.25) is 0 Å². The van der Waals surface area contributed by atoms with E-state index in [4.69, 9.17) is 4.74 Å². The first-order valence-corrected chi connectivity index (χ1v) is 6.80. The first-order chi connectivity index (χ1) is 9.99. The standard InChI is InChI=1S/C14H12BrFN2O3/c1-21-13-2-3-14(15)9(4-13)8-17-11-5-10(16)6-12(7-11)18(19)20/h2-7,17H,8H2,1H3. The summed E-state index contributed by atoms with van der Waals surface area (Å²) < 4.78 is 19.3. The average Bonchev–Trinajstić information content (AvgIpc) is 2.46. The van der Waals surface area contributed by atoms with E-state index in [9.17, 15) is 14.5 Å². The van der Waals surface area contributed by atoms with Crippen LogP contribution in [0, 0.1) is 15.9 Å². The van der Waals surface area contributed by atoms with Crippen LogP contribution in [-0.2, 0) is 6.54 Å². The summed E-state index contributed by atoms with van der Waals surface area (Å²) in [6, 6.07) is 8.85. The Morgan fingerprint density at radius 2 is 2.10 bits per heavy atom. The van der Waals surface area contributed by atoms with Crippen molar-refractivity contribution in [1.82, 2.24) is 0 Å². The molecule has 0 saturated carbocycles. The number of halogens is 2. The molecular weight excluding hydrogens is 343 g/mol. The number of rotatable bonds is 5. The molecule has 2 aromatic rings. The summed E-state index contributed by atoms with van der Waals surface area (Å²) in [5.41, 5.74) is 0.944. The maximum absolute atomic E-state index is 13.3. The molecule has 0 saturated heterocycles. The number of ether oxygens (including phenoxy) is 1. The Morgan fingerprint density at radius 1 is 1.33 bits per heavy atom. The number of anilines is 1. The lowest BCUT2D eigenvalue weighted by molar-refractivity contribution is -0.385. The van der Waals surface area contributed by atoms with E-state index in [-0.39, 0.29) is 5.69 Å². The van der Waals surface area contributed by atoms with Gasteiger partial charge in [0.25, 0.3) is 5.69 Å². The van der Waals surface area contributed by atoms with Gasteiger partial charge in [-0.2, -0.15) is 0 Å². The van der Waals surface area contributed by atoms with Gasteiger partial charge in [-0.3, -0.25) is 10.1 Å². The van der Waals surface area contributed by atoms with Crippen LogP contribution in [0.25, 0.3) is 0 Å². The van der Waals surface area contributed by atoms with Gasteiger partial charge in [0.2, 0.25) is 0 Å². The van der Waals surface area contributed by atoms with E-state index in [1.54, 1.807) is 13.2 Å². The molecule has 0 aliphatic carbocycles. The number of hydrogen-bond donors (Lipinski definition) is 1. The molecule has 5 nitrogen and oxygen atoms in total. The Morgan fingerprint density at radius 3 is 2.76 bits per heavy atom. The van der Waals surface area contributed by atoms with E-state index < -0.39 is 10.7 Å². The highest BCUT2D eigenvalue weighted by Gasteiger charge is 2.10. The van der Waals surface area contributed by atoms with Crippen molar-refractivity contribution in [3.05, 3.63) is 62.4 Å². The molecule has 7 heteroatoms. The quantitative estimate of drug-likeness (QED) is 0.647. The molecule has 0 radical (unpaired) electrons. The van der Waals surface area contributed by atoms with Gasteiger partial charge in [-0.25, -0.2) is 4.39 Å². The number of nitro groups is 1. The van der Waals surface area contributed by atoms with Gasteiger partial charge in [0.1, 0.15) is 11.6 Å². The molecule has 21 heavy (non-hydrogen) atoms. The largest absolute Gasteiger partial charge is 0.497 e. The summed E-state index contributed by atoms with van der Waals surface area (Å²) in [5, 5.41) is 13.7. The summed E-state index contributed by atoms with van der Waals surface area (Å²) in [5.74, 6) is 0.0385. The van der Waals surface area contributed by atoms with Crippen LogP contribution >= 0.6 is 15.9 Å². The molecule has 0 aromatic heterocycles. The normalized spacial score (nSPS) is 10.2. The second kappa shape index (κ2) is 6.53. The minimum absolute atomic E-state index is 0.290. The van der Waals surface area contributed by atoms with Gasteiger partial charge in [-0.15, -0.1) is 0 Å². The van der Waals surface area contributed by atoms with E-state index in [1.165, 1.54) is 12.1 Å². The van der Waals surface area contributed by atoms with Crippen LogP contribution < -0.4 is 10.1 Å². The first-order valence-electron chi connectivity index (χ1n) is 6.01. The Kier molecular flexibility index (Phi) is 4.74. The van der Waals surface area contributed by atoms with Crippen molar-refractivity contribution in [2.75, 3.05) is 12.4 Å². The average molecular weight is 355 g/mol. The van der Waals surface area contributed by atoms with Crippen LogP contribution in [0.3, 0.4) is 0 Å². The van der Waals surface area contributed by atoms with E-state index >= 15 is 0 Å². The van der Waals surface area contributed by atoms with Gasteiger partial charge in [-0.1, -0.05) is 15.9 Å². The Labute approximate surface area is 129 Å². The van der Waals surface area contributed by atoms with Crippen LogP contribution in [0.1, 0.15) is 5.56 Å². The van der Waals surface area contributed by atoms with Crippen molar-refractivity contribution in [3.8, 4) is 5.75 Å². The molecule has 0 heterocycles. The second-order valence-corrected chi connectivity index (χ2v) is 5.12. The lowest BCUT2D eigenvalue weighted by atomic mass is 10.2. The summed E-state index contributed by atoms with van der Waals surface area (Å²) in [7, 11) is 1.57. The molecule has 2 rings (SSSR count). The van der Waals surface area contributed by atoms with Crippen molar-refractivity contribution in [1.29, 1.82) is 0 Å². The van der Waals surface area contributed by atoms with Crippen LogP contribution in [0.5, 0.6) is 5.75 Å².